The molecule has 0 amide bonds. The SMILES string of the molecule is CC(C)=C[C@@H]1[C@@H](C(=O)OCc2ccc(S(C)(=O)=O)cc2)C1(C)C. The predicted molar refractivity (Wildman–Crippen MR) is 89.5 cm³/mol. The molecule has 0 unspecified atom stereocenters. The van der Waals surface area contributed by atoms with Gasteiger partial charge < -0.3 is 4.74 Å². The van der Waals surface area contributed by atoms with Crippen LogP contribution in [0.25, 0.3) is 0 Å². The van der Waals surface area contributed by atoms with E-state index in [9.17, 15) is 13.2 Å². The van der Waals surface area contributed by atoms with Gasteiger partial charge in [0.05, 0.1) is 10.8 Å². The molecule has 0 N–H and O–H groups in total. The number of sulfone groups is 1. The second-order valence-electron chi connectivity index (χ2n) is 7.09. The van der Waals surface area contributed by atoms with Gasteiger partial charge in [-0.2, -0.15) is 0 Å². The van der Waals surface area contributed by atoms with Crippen LogP contribution in [0.3, 0.4) is 0 Å². The van der Waals surface area contributed by atoms with Crippen LogP contribution in [0.5, 0.6) is 0 Å². The molecule has 23 heavy (non-hydrogen) atoms. The van der Waals surface area contributed by atoms with Crippen LogP contribution in [0.15, 0.2) is 40.8 Å². The maximum Gasteiger partial charge on any atom is 0.310 e. The molecule has 126 valence electrons. The molecule has 1 fully saturated rings. The Morgan fingerprint density at radius 1 is 1.22 bits per heavy atom. The molecular formula is C18H24O4S. The maximum absolute atomic E-state index is 12.3. The fourth-order valence-electron chi connectivity index (χ4n) is 2.88. The molecule has 0 aliphatic heterocycles. The van der Waals surface area contributed by atoms with Crippen molar-refractivity contribution in [2.24, 2.45) is 17.3 Å². The van der Waals surface area contributed by atoms with E-state index in [1.54, 1.807) is 12.1 Å². The standard InChI is InChI=1S/C18H24O4S/c1-12(2)10-15-16(18(15,3)4)17(19)22-11-13-6-8-14(9-7-13)23(5,20)21/h6-10,15-16H,11H2,1-5H3/t15-,16+/m1/s1. The molecule has 0 radical (unpaired) electrons. The molecule has 2 atom stereocenters. The van der Waals surface area contributed by atoms with Gasteiger partial charge in [-0.15, -0.1) is 0 Å². The number of carbonyl (C=O) groups is 1. The fourth-order valence-corrected chi connectivity index (χ4v) is 3.51. The van der Waals surface area contributed by atoms with Crippen LogP contribution in [0.2, 0.25) is 0 Å². The average molecular weight is 336 g/mol. The Balaban J connectivity index is 1.97. The molecule has 0 spiro atoms. The third-order valence-electron chi connectivity index (χ3n) is 4.41. The number of rotatable bonds is 5. The number of benzene rings is 1. The number of carbonyl (C=O) groups excluding carboxylic acids is 1. The predicted octanol–water partition coefficient (Wildman–Crippen LogP) is 3.37. The first-order valence-electron chi connectivity index (χ1n) is 7.64. The van der Waals surface area contributed by atoms with E-state index in [4.69, 9.17) is 4.74 Å². The molecule has 1 aliphatic rings. The van der Waals surface area contributed by atoms with E-state index in [1.165, 1.54) is 24.0 Å². The van der Waals surface area contributed by atoms with Crippen LogP contribution >= 0.6 is 0 Å². The second kappa shape index (κ2) is 6.11. The van der Waals surface area contributed by atoms with Crippen molar-refractivity contribution in [3.63, 3.8) is 0 Å². The van der Waals surface area contributed by atoms with E-state index < -0.39 is 9.84 Å². The topological polar surface area (TPSA) is 60.4 Å². The third-order valence-corrected chi connectivity index (χ3v) is 5.54. The Morgan fingerprint density at radius 3 is 2.26 bits per heavy atom. The number of hydrogen-bond acceptors (Lipinski definition) is 4. The highest BCUT2D eigenvalue weighted by Crippen LogP contribution is 2.59. The molecule has 2 rings (SSSR count). The molecule has 1 aliphatic carbocycles. The number of hydrogen-bond donors (Lipinski definition) is 0. The van der Waals surface area contributed by atoms with Gasteiger partial charge in [0, 0.05) is 6.26 Å². The van der Waals surface area contributed by atoms with Gasteiger partial charge in [0.25, 0.3) is 0 Å². The van der Waals surface area contributed by atoms with E-state index >= 15 is 0 Å². The number of esters is 1. The largest absolute Gasteiger partial charge is 0.461 e. The summed E-state index contributed by atoms with van der Waals surface area (Å²) >= 11 is 0. The third kappa shape index (κ3) is 4.02. The van der Waals surface area contributed by atoms with Crippen LogP contribution in [-0.4, -0.2) is 20.6 Å². The zero-order valence-corrected chi connectivity index (χ0v) is 15.1. The summed E-state index contributed by atoms with van der Waals surface area (Å²) in [7, 11) is -3.20. The van der Waals surface area contributed by atoms with Crippen molar-refractivity contribution in [3.8, 4) is 0 Å². The van der Waals surface area contributed by atoms with Gasteiger partial charge in [0.15, 0.2) is 9.84 Å². The summed E-state index contributed by atoms with van der Waals surface area (Å²) in [5.74, 6) is -0.0648. The molecule has 4 nitrogen and oxygen atoms in total. The van der Waals surface area contributed by atoms with Crippen molar-refractivity contribution in [1.82, 2.24) is 0 Å². The molecule has 1 saturated carbocycles. The Morgan fingerprint density at radius 2 is 1.78 bits per heavy atom. The van der Waals surface area contributed by atoms with E-state index in [1.807, 2.05) is 13.8 Å². The van der Waals surface area contributed by atoms with E-state index in [-0.39, 0.29) is 34.7 Å². The Labute approximate surface area is 138 Å². The Hall–Kier alpha value is -1.62. The summed E-state index contributed by atoms with van der Waals surface area (Å²) in [5, 5.41) is 0. The van der Waals surface area contributed by atoms with E-state index in [0.29, 0.717) is 0 Å². The summed E-state index contributed by atoms with van der Waals surface area (Å²) in [6.45, 7) is 8.37. The zero-order chi connectivity index (χ0) is 17.4. The van der Waals surface area contributed by atoms with Crippen molar-refractivity contribution in [1.29, 1.82) is 0 Å². The fraction of sp³-hybridized carbons (Fsp3) is 0.500. The Kier molecular flexibility index (Phi) is 4.71. The van der Waals surface area contributed by atoms with E-state index in [0.717, 1.165) is 5.56 Å². The zero-order valence-electron chi connectivity index (χ0n) is 14.3. The summed E-state index contributed by atoms with van der Waals surface area (Å²) in [5.41, 5.74) is 1.92. The average Bonchev–Trinajstić information content (AvgIpc) is 2.96. The van der Waals surface area contributed by atoms with Gasteiger partial charge in [0.1, 0.15) is 6.61 Å². The van der Waals surface area contributed by atoms with Crippen LogP contribution < -0.4 is 0 Å². The van der Waals surface area contributed by atoms with Gasteiger partial charge in [-0.25, -0.2) is 8.42 Å². The Bertz CT molecular complexity index is 723. The first kappa shape index (κ1) is 17.7. The molecule has 0 heterocycles. The van der Waals surface area contributed by atoms with Crippen molar-refractivity contribution < 1.29 is 17.9 Å². The molecule has 1 aromatic carbocycles. The highest BCUT2D eigenvalue weighted by Gasteiger charge is 2.61. The van der Waals surface area contributed by atoms with Gasteiger partial charge in [-0.3, -0.25) is 4.79 Å². The lowest BCUT2D eigenvalue weighted by Gasteiger charge is -2.06. The highest BCUT2D eigenvalue weighted by atomic mass is 32.2. The van der Waals surface area contributed by atoms with Gasteiger partial charge >= 0.3 is 5.97 Å². The second-order valence-corrected chi connectivity index (χ2v) is 9.11. The highest BCUT2D eigenvalue weighted by molar-refractivity contribution is 7.90. The quantitative estimate of drug-likeness (QED) is 0.611. The summed E-state index contributed by atoms with van der Waals surface area (Å²) < 4.78 is 28.2. The molecule has 1 aromatic rings. The summed E-state index contributed by atoms with van der Waals surface area (Å²) in [6.07, 6.45) is 3.30. The van der Waals surface area contributed by atoms with Crippen LogP contribution in [0.1, 0.15) is 33.3 Å². The van der Waals surface area contributed by atoms with Crippen molar-refractivity contribution >= 4 is 15.8 Å². The number of ether oxygens (including phenoxy) is 1. The maximum atomic E-state index is 12.3. The van der Waals surface area contributed by atoms with E-state index in [2.05, 4.69) is 19.9 Å². The van der Waals surface area contributed by atoms with Crippen molar-refractivity contribution in [2.75, 3.05) is 6.26 Å². The van der Waals surface area contributed by atoms with Crippen molar-refractivity contribution in [3.05, 3.63) is 41.5 Å². The van der Waals surface area contributed by atoms with Crippen LogP contribution in [0.4, 0.5) is 0 Å². The number of allylic oxidation sites excluding steroid dienone is 2. The minimum atomic E-state index is -3.20. The smallest absolute Gasteiger partial charge is 0.310 e. The van der Waals surface area contributed by atoms with Gasteiger partial charge in [0.2, 0.25) is 0 Å². The monoisotopic (exact) mass is 336 g/mol. The van der Waals surface area contributed by atoms with Crippen LogP contribution in [0, 0.1) is 17.3 Å². The first-order chi connectivity index (χ1) is 10.5. The summed E-state index contributed by atoms with van der Waals surface area (Å²) in [4.78, 5) is 12.5. The van der Waals surface area contributed by atoms with Gasteiger partial charge in [-0.1, -0.05) is 37.6 Å². The molecule has 0 saturated heterocycles. The molecular weight excluding hydrogens is 312 g/mol. The first-order valence-corrected chi connectivity index (χ1v) is 9.53. The minimum absolute atomic E-state index is 0.0610. The minimum Gasteiger partial charge on any atom is -0.461 e. The molecule has 5 heteroatoms. The van der Waals surface area contributed by atoms with Crippen molar-refractivity contribution in [2.45, 2.75) is 39.2 Å². The summed E-state index contributed by atoms with van der Waals surface area (Å²) in [6, 6.07) is 6.42. The lowest BCUT2D eigenvalue weighted by atomic mass is 10.1. The normalized spacial score (nSPS) is 22.3. The molecule has 0 aromatic heterocycles. The van der Waals surface area contributed by atoms with Gasteiger partial charge in [-0.05, 0) is 42.9 Å². The molecule has 0 bridgehead atoms. The lowest BCUT2D eigenvalue weighted by Crippen LogP contribution is -2.10. The van der Waals surface area contributed by atoms with Crippen LogP contribution in [-0.2, 0) is 26.0 Å². The lowest BCUT2D eigenvalue weighted by molar-refractivity contribution is -0.147.